The third kappa shape index (κ3) is 2.26. The maximum absolute atomic E-state index is 13.6. The number of hydrogen-bond acceptors (Lipinski definition) is 2. The van der Waals surface area contributed by atoms with Crippen LogP contribution in [-0.2, 0) is 4.79 Å². The van der Waals surface area contributed by atoms with Crippen molar-refractivity contribution >= 4 is 5.91 Å². The monoisotopic (exact) mass is 288 g/mol. The molecule has 21 heavy (non-hydrogen) atoms. The Morgan fingerprint density at radius 2 is 2.05 bits per heavy atom. The van der Waals surface area contributed by atoms with E-state index in [4.69, 9.17) is 0 Å². The number of nitrogens with zero attached hydrogens (tertiary/aromatic N) is 1. The van der Waals surface area contributed by atoms with E-state index in [1.54, 1.807) is 12.1 Å². The summed E-state index contributed by atoms with van der Waals surface area (Å²) in [6, 6.07) is 6.66. The first-order valence-electron chi connectivity index (χ1n) is 8.02. The zero-order valence-electron chi connectivity index (χ0n) is 12.1. The van der Waals surface area contributed by atoms with Gasteiger partial charge in [-0.05, 0) is 49.3 Å². The smallest absolute Gasteiger partial charge is 0.244 e. The maximum atomic E-state index is 13.6. The van der Waals surface area contributed by atoms with E-state index in [0.717, 1.165) is 37.8 Å². The first kappa shape index (κ1) is 13.3. The minimum Gasteiger partial charge on any atom is -0.321 e. The van der Waals surface area contributed by atoms with Gasteiger partial charge in [-0.25, -0.2) is 4.39 Å². The van der Waals surface area contributed by atoms with E-state index < -0.39 is 0 Å². The van der Waals surface area contributed by atoms with E-state index in [2.05, 4.69) is 5.32 Å². The van der Waals surface area contributed by atoms with Crippen LogP contribution in [0.1, 0.15) is 50.3 Å². The van der Waals surface area contributed by atoms with Crippen LogP contribution in [-0.4, -0.2) is 22.9 Å². The molecule has 3 nitrogen and oxygen atoms in total. The molecule has 1 saturated heterocycles. The molecule has 1 spiro atoms. The highest BCUT2D eigenvalue weighted by Gasteiger charge is 2.53. The first-order chi connectivity index (χ1) is 10.2. The first-order valence-corrected chi connectivity index (χ1v) is 8.02. The summed E-state index contributed by atoms with van der Waals surface area (Å²) in [5, 5.41) is 3.55. The Morgan fingerprint density at radius 1 is 1.29 bits per heavy atom. The van der Waals surface area contributed by atoms with Crippen molar-refractivity contribution in [3.8, 4) is 0 Å². The van der Waals surface area contributed by atoms with Crippen LogP contribution < -0.4 is 5.32 Å². The molecule has 1 aromatic rings. The van der Waals surface area contributed by atoms with Crippen molar-refractivity contribution in [2.24, 2.45) is 5.92 Å². The molecule has 2 aliphatic carbocycles. The van der Waals surface area contributed by atoms with E-state index in [1.165, 1.54) is 18.9 Å². The summed E-state index contributed by atoms with van der Waals surface area (Å²) >= 11 is 0. The molecule has 1 atom stereocenters. The highest BCUT2D eigenvalue weighted by molar-refractivity contribution is 5.89. The number of carbonyl (C=O) groups is 1. The van der Waals surface area contributed by atoms with Crippen LogP contribution in [0.15, 0.2) is 24.3 Å². The van der Waals surface area contributed by atoms with Gasteiger partial charge in [-0.3, -0.25) is 10.1 Å². The number of hydrogen-bond donors (Lipinski definition) is 1. The van der Waals surface area contributed by atoms with E-state index in [9.17, 15) is 9.18 Å². The van der Waals surface area contributed by atoms with Gasteiger partial charge in [-0.15, -0.1) is 0 Å². The molecule has 1 aliphatic heterocycles. The van der Waals surface area contributed by atoms with Crippen molar-refractivity contribution < 1.29 is 9.18 Å². The predicted octanol–water partition coefficient (Wildman–Crippen LogP) is 2.98. The van der Waals surface area contributed by atoms with Crippen LogP contribution in [0, 0.1) is 11.7 Å². The molecule has 0 bridgehead atoms. The molecule has 4 heteroatoms. The fourth-order valence-corrected chi connectivity index (χ4v) is 3.84. The lowest BCUT2D eigenvalue weighted by atomic mass is 9.98. The number of carbonyl (C=O) groups excluding carboxylic acids is 1. The molecule has 0 radical (unpaired) electrons. The summed E-state index contributed by atoms with van der Waals surface area (Å²) in [7, 11) is 0. The molecule has 3 fully saturated rings. The summed E-state index contributed by atoms with van der Waals surface area (Å²) in [4.78, 5) is 14.9. The standard InChI is InChI=1S/C17H21FN2O/c18-14-5-3-4-13(10-14)15-19-17(8-1-2-9-17)16(21)20(15)11-12-6-7-12/h3-5,10,12,15,19H,1-2,6-9,11H2. The van der Waals surface area contributed by atoms with Crippen LogP contribution in [0.3, 0.4) is 0 Å². The lowest BCUT2D eigenvalue weighted by Gasteiger charge is -2.24. The fourth-order valence-electron chi connectivity index (χ4n) is 3.84. The average Bonchev–Trinajstić information content (AvgIpc) is 3.10. The molecule has 1 aromatic carbocycles. The Kier molecular flexibility index (Phi) is 3.03. The van der Waals surface area contributed by atoms with Gasteiger partial charge in [0.05, 0.1) is 5.54 Å². The summed E-state index contributed by atoms with van der Waals surface area (Å²) in [6.45, 7) is 0.814. The van der Waals surface area contributed by atoms with Crippen LogP contribution in [0.5, 0.6) is 0 Å². The van der Waals surface area contributed by atoms with Gasteiger partial charge in [0.15, 0.2) is 0 Å². The Morgan fingerprint density at radius 3 is 2.71 bits per heavy atom. The lowest BCUT2D eigenvalue weighted by Crippen LogP contribution is -2.44. The number of rotatable bonds is 3. The van der Waals surface area contributed by atoms with Gasteiger partial charge in [-0.2, -0.15) is 0 Å². The van der Waals surface area contributed by atoms with Gasteiger partial charge in [0, 0.05) is 6.54 Å². The average molecular weight is 288 g/mol. The molecule has 1 N–H and O–H groups in total. The second kappa shape index (κ2) is 4.80. The molecular formula is C17H21FN2O. The van der Waals surface area contributed by atoms with Gasteiger partial charge < -0.3 is 4.90 Å². The highest BCUT2D eigenvalue weighted by atomic mass is 19.1. The van der Waals surface area contributed by atoms with Gasteiger partial charge in [0.2, 0.25) is 5.91 Å². The highest BCUT2D eigenvalue weighted by Crippen LogP contribution is 2.43. The SMILES string of the molecule is O=C1N(CC2CC2)C(c2cccc(F)c2)NC12CCCC2. The van der Waals surface area contributed by atoms with Crippen LogP contribution >= 0.6 is 0 Å². The normalized spacial score (nSPS) is 27.8. The number of benzene rings is 1. The van der Waals surface area contributed by atoms with Gasteiger partial charge in [0.25, 0.3) is 0 Å². The zero-order chi connectivity index (χ0) is 14.4. The lowest BCUT2D eigenvalue weighted by molar-refractivity contribution is -0.133. The number of amides is 1. The predicted molar refractivity (Wildman–Crippen MR) is 77.9 cm³/mol. The summed E-state index contributed by atoms with van der Waals surface area (Å²) < 4.78 is 13.6. The maximum Gasteiger partial charge on any atom is 0.244 e. The molecular weight excluding hydrogens is 267 g/mol. The van der Waals surface area contributed by atoms with E-state index in [0.29, 0.717) is 5.92 Å². The van der Waals surface area contributed by atoms with Crippen molar-refractivity contribution in [2.75, 3.05) is 6.54 Å². The molecule has 1 unspecified atom stereocenters. The fraction of sp³-hybridized carbons (Fsp3) is 0.588. The Balaban J connectivity index is 1.67. The molecule has 3 aliphatic rings. The van der Waals surface area contributed by atoms with E-state index in [1.807, 2.05) is 11.0 Å². The van der Waals surface area contributed by atoms with Crippen molar-refractivity contribution in [2.45, 2.75) is 50.2 Å². The Bertz CT molecular complexity index is 564. The Hall–Kier alpha value is -1.42. The number of nitrogens with one attached hydrogen (secondary N) is 1. The molecule has 112 valence electrons. The van der Waals surface area contributed by atoms with Crippen molar-refractivity contribution in [3.05, 3.63) is 35.6 Å². The van der Waals surface area contributed by atoms with Gasteiger partial charge in [0.1, 0.15) is 12.0 Å². The van der Waals surface area contributed by atoms with Gasteiger partial charge in [-0.1, -0.05) is 25.0 Å². The second-order valence-electron chi connectivity index (χ2n) is 6.79. The zero-order valence-corrected chi connectivity index (χ0v) is 12.1. The third-order valence-corrected chi connectivity index (χ3v) is 5.17. The third-order valence-electron chi connectivity index (χ3n) is 5.17. The van der Waals surface area contributed by atoms with Crippen molar-refractivity contribution in [1.82, 2.24) is 10.2 Å². The molecule has 1 heterocycles. The Labute approximate surface area is 124 Å². The van der Waals surface area contributed by atoms with E-state index in [-0.39, 0.29) is 23.4 Å². The summed E-state index contributed by atoms with van der Waals surface area (Å²) in [6.07, 6.45) is 6.31. The van der Waals surface area contributed by atoms with Gasteiger partial charge >= 0.3 is 0 Å². The van der Waals surface area contributed by atoms with Crippen LogP contribution in [0.4, 0.5) is 4.39 Å². The minimum absolute atomic E-state index is 0.160. The van der Waals surface area contributed by atoms with Crippen LogP contribution in [0.2, 0.25) is 0 Å². The summed E-state index contributed by atoms with van der Waals surface area (Å²) in [5.41, 5.74) is 0.485. The molecule has 1 amide bonds. The molecule has 2 saturated carbocycles. The second-order valence-corrected chi connectivity index (χ2v) is 6.79. The molecule has 4 rings (SSSR count). The van der Waals surface area contributed by atoms with Crippen LogP contribution in [0.25, 0.3) is 0 Å². The van der Waals surface area contributed by atoms with Crippen molar-refractivity contribution in [3.63, 3.8) is 0 Å². The minimum atomic E-state index is -0.383. The van der Waals surface area contributed by atoms with E-state index >= 15 is 0 Å². The quantitative estimate of drug-likeness (QED) is 0.927. The topological polar surface area (TPSA) is 32.3 Å². The summed E-state index contributed by atoms with van der Waals surface area (Å²) in [5.74, 6) is 0.644. The largest absolute Gasteiger partial charge is 0.321 e. The molecule has 0 aromatic heterocycles. The van der Waals surface area contributed by atoms with Crippen molar-refractivity contribution in [1.29, 1.82) is 0 Å². The number of halogens is 1.